The Morgan fingerprint density at radius 3 is 2.47 bits per heavy atom. The fourth-order valence-corrected chi connectivity index (χ4v) is 2.32. The number of ether oxygens (including phenoxy) is 1. The third-order valence-corrected chi connectivity index (χ3v) is 3.35. The highest BCUT2D eigenvalue weighted by molar-refractivity contribution is 5.57. The number of hydrogen-bond acceptors (Lipinski definition) is 3. The van der Waals surface area contributed by atoms with E-state index in [1.165, 1.54) is 6.07 Å². The van der Waals surface area contributed by atoms with Gasteiger partial charge in [-0.3, -0.25) is 0 Å². The fourth-order valence-electron chi connectivity index (χ4n) is 2.32. The highest BCUT2D eigenvalue weighted by Gasteiger charge is 2.20. The van der Waals surface area contributed by atoms with Crippen LogP contribution in [0.15, 0.2) is 12.1 Å². The maximum absolute atomic E-state index is 13.7. The van der Waals surface area contributed by atoms with Gasteiger partial charge in [-0.05, 0) is 45.4 Å². The van der Waals surface area contributed by atoms with E-state index in [-0.39, 0.29) is 11.9 Å². The van der Waals surface area contributed by atoms with Gasteiger partial charge in [0.2, 0.25) is 0 Å². The highest BCUT2D eigenvalue weighted by atomic mass is 19.1. The van der Waals surface area contributed by atoms with Gasteiger partial charge in [-0.1, -0.05) is 0 Å². The van der Waals surface area contributed by atoms with E-state index < -0.39 is 6.10 Å². The maximum atomic E-state index is 13.7. The smallest absolute Gasteiger partial charge is 0.126 e. The van der Waals surface area contributed by atoms with Gasteiger partial charge >= 0.3 is 0 Å². The van der Waals surface area contributed by atoms with Gasteiger partial charge in [-0.15, -0.1) is 0 Å². The first-order valence-electron chi connectivity index (χ1n) is 6.66. The number of aryl methyl sites for hydroxylation is 1. The molecular formula is C15H24FNO2. The lowest BCUT2D eigenvalue weighted by atomic mass is 10.0. The summed E-state index contributed by atoms with van der Waals surface area (Å²) in [4.78, 5) is 2.12. The third kappa shape index (κ3) is 3.67. The van der Waals surface area contributed by atoms with Crippen LogP contribution in [0.2, 0.25) is 0 Å². The van der Waals surface area contributed by atoms with Crippen molar-refractivity contribution in [2.75, 3.05) is 25.2 Å². The zero-order valence-electron chi connectivity index (χ0n) is 12.4. The molecule has 0 saturated heterocycles. The Bertz CT molecular complexity index is 421. The molecule has 1 N–H and O–H groups in total. The Kier molecular flexibility index (Phi) is 5.76. The SMILES string of the molecule is CCN(c1cc(C)c(F)cc1[C@@H](C)O)C(C)COC. The molecule has 1 unspecified atom stereocenters. The van der Waals surface area contributed by atoms with E-state index >= 15 is 0 Å². The lowest BCUT2D eigenvalue weighted by molar-refractivity contribution is 0.180. The van der Waals surface area contributed by atoms with Gasteiger partial charge in [0.25, 0.3) is 0 Å². The molecule has 3 nitrogen and oxygen atoms in total. The summed E-state index contributed by atoms with van der Waals surface area (Å²) < 4.78 is 18.9. The van der Waals surface area contributed by atoms with Gasteiger partial charge in [-0.25, -0.2) is 4.39 Å². The van der Waals surface area contributed by atoms with Gasteiger partial charge in [0, 0.05) is 30.9 Å². The van der Waals surface area contributed by atoms with E-state index in [9.17, 15) is 9.50 Å². The third-order valence-electron chi connectivity index (χ3n) is 3.35. The van der Waals surface area contributed by atoms with Gasteiger partial charge < -0.3 is 14.7 Å². The van der Waals surface area contributed by atoms with Crippen LogP contribution in [0.25, 0.3) is 0 Å². The van der Waals surface area contributed by atoms with Crippen LogP contribution in [-0.4, -0.2) is 31.4 Å². The second kappa shape index (κ2) is 6.87. The first-order chi connectivity index (χ1) is 8.92. The van der Waals surface area contributed by atoms with Crippen molar-refractivity contribution in [3.8, 4) is 0 Å². The standard InChI is InChI=1S/C15H24FNO2/c1-6-17(11(3)9-19-5)15-7-10(2)14(16)8-13(15)12(4)18/h7-8,11-12,18H,6,9H2,1-5H3/t11?,12-/m1/s1. The van der Waals surface area contributed by atoms with Crippen LogP contribution in [0.3, 0.4) is 0 Å². The van der Waals surface area contributed by atoms with Crippen molar-refractivity contribution in [2.45, 2.75) is 39.8 Å². The molecule has 2 atom stereocenters. The number of rotatable bonds is 6. The highest BCUT2D eigenvalue weighted by Crippen LogP contribution is 2.30. The number of halogens is 1. The molecule has 1 aromatic carbocycles. The zero-order chi connectivity index (χ0) is 14.6. The average molecular weight is 269 g/mol. The van der Waals surface area contributed by atoms with Crippen molar-refractivity contribution in [1.82, 2.24) is 0 Å². The first-order valence-corrected chi connectivity index (χ1v) is 6.66. The number of anilines is 1. The Hall–Kier alpha value is -1.13. The van der Waals surface area contributed by atoms with Crippen molar-refractivity contribution < 1.29 is 14.2 Å². The number of hydrogen-bond donors (Lipinski definition) is 1. The number of likely N-dealkylation sites (N-methyl/N-ethyl adjacent to an activating group) is 1. The predicted octanol–water partition coefficient (Wildman–Crippen LogP) is 3.05. The van der Waals surface area contributed by atoms with Crippen LogP contribution in [0, 0.1) is 12.7 Å². The average Bonchev–Trinajstić information content (AvgIpc) is 2.34. The summed E-state index contributed by atoms with van der Waals surface area (Å²) in [5, 5.41) is 9.85. The second-order valence-corrected chi connectivity index (χ2v) is 4.93. The minimum atomic E-state index is -0.700. The number of aliphatic hydroxyl groups is 1. The van der Waals surface area contributed by atoms with E-state index in [1.54, 1.807) is 27.0 Å². The summed E-state index contributed by atoms with van der Waals surface area (Å²) in [5.74, 6) is -0.282. The van der Waals surface area contributed by atoms with E-state index in [4.69, 9.17) is 4.74 Å². The molecule has 0 aliphatic rings. The largest absolute Gasteiger partial charge is 0.389 e. The molecule has 0 aliphatic heterocycles. The van der Waals surface area contributed by atoms with Crippen LogP contribution in [0.5, 0.6) is 0 Å². The topological polar surface area (TPSA) is 32.7 Å². The van der Waals surface area contributed by atoms with Crippen LogP contribution in [-0.2, 0) is 4.74 Å². The van der Waals surface area contributed by atoms with E-state index in [1.807, 2.05) is 6.92 Å². The molecule has 19 heavy (non-hydrogen) atoms. The first kappa shape index (κ1) is 15.9. The second-order valence-electron chi connectivity index (χ2n) is 4.93. The molecule has 0 saturated carbocycles. The van der Waals surface area contributed by atoms with Crippen molar-refractivity contribution in [3.63, 3.8) is 0 Å². The lowest BCUT2D eigenvalue weighted by Gasteiger charge is -2.32. The molecule has 0 spiro atoms. The molecule has 0 aliphatic carbocycles. The number of methoxy groups -OCH3 is 1. The van der Waals surface area contributed by atoms with Crippen molar-refractivity contribution in [1.29, 1.82) is 0 Å². The molecule has 0 bridgehead atoms. The summed E-state index contributed by atoms with van der Waals surface area (Å²) in [5.41, 5.74) is 2.08. The van der Waals surface area contributed by atoms with Crippen LogP contribution >= 0.6 is 0 Å². The van der Waals surface area contributed by atoms with E-state index in [0.29, 0.717) is 17.7 Å². The molecule has 0 fully saturated rings. The van der Waals surface area contributed by atoms with Crippen LogP contribution in [0.1, 0.15) is 38.0 Å². The Labute approximate surface area is 115 Å². The minimum absolute atomic E-state index is 0.164. The van der Waals surface area contributed by atoms with Gasteiger partial charge in [0.15, 0.2) is 0 Å². The number of nitrogens with zero attached hydrogens (tertiary/aromatic N) is 1. The van der Waals surface area contributed by atoms with E-state index in [0.717, 1.165) is 12.2 Å². The maximum Gasteiger partial charge on any atom is 0.126 e. The fraction of sp³-hybridized carbons (Fsp3) is 0.600. The van der Waals surface area contributed by atoms with E-state index in [2.05, 4.69) is 11.8 Å². The minimum Gasteiger partial charge on any atom is -0.389 e. The van der Waals surface area contributed by atoms with Crippen molar-refractivity contribution in [3.05, 3.63) is 29.1 Å². The molecule has 4 heteroatoms. The molecule has 0 aromatic heterocycles. The monoisotopic (exact) mass is 269 g/mol. The number of aliphatic hydroxyl groups excluding tert-OH is 1. The molecule has 108 valence electrons. The molecular weight excluding hydrogens is 245 g/mol. The lowest BCUT2D eigenvalue weighted by Crippen LogP contribution is -2.37. The Balaban J connectivity index is 3.25. The molecule has 1 aromatic rings. The summed E-state index contributed by atoms with van der Waals surface area (Å²) in [6.07, 6.45) is -0.700. The van der Waals surface area contributed by atoms with Crippen molar-refractivity contribution in [2.24, 2.45) is 0 Å². The van der Waals surface area contributed by atoms with Crippen LogP contribution in [0.4, 0.5) is 10.1 Å². The Morgan fingerprint density at radius 1 is 1.37 bits per heavy atom. The summed E-state index contributed by atoms with van der Waals surface area (Å²) in [6.45, 7) is 8.84. The Morgan fingerprint density at radius 2 is 2.00 bits per heavy atom. The summed E-state index contributed by atoms with van der Waals surface area (Å²) in [6, 6.07) is 3.39. The number of benzene rings is 1. The van der Waals surface area contributed by atoms with Gasteiger partial charge in [-0.2, -0.15) is 0 Å². The van der Waals surface area contributed by atoms with Crippen molar-refractivity contribution >= 4 is 5.69 Å². The normalized spacial score (nSPS) is 14.3. The molecule has 0 radical (unpaired) electrons. The van der Waals surface area contributed by atoms with Crippen LogP contribution < -0.4 is 4.90 Å². The molecule has 0 amide bonds. The van der Waals surface area contributed by atoms with Gasteiger partial charge in [0.05, 0.1) is 12.7 Å². The predicted molar refractivity (Wildman–Crippen MR) is 76.1 cm³/mol. The van der Waals surface area contributed by atoms with Gasteiger partial charge in [0.1, 0.15) is 5.82 Å². The molecule has 1 rings (SSSR count). The zero-order valence-corrected chi connectivity index (χ0v) is 12.4. The summed E-state index contributed by atoms with van der Waals surface area (Å²) >= 11 is 0. The summed E-state index contributed by atoms with van der Waals surface area (Å²) in [7, 11) is 1.66. The molecule has 0 heterocycles. The quantitative estimate of drug-likeness (QED) is 0.861.